The van der Waals surface area contributed by atoms with Crippen molar-refractivity contribution in [1.82, 2.24) is 24.6 Å². The van der Waals surface area contributed by atoms with E-state index in [0.717, 1.165) is 37.4 Å². The van der Waals surface area contributed by atoms with Gasteiger partial charge in [0.2, 0.25) is 5.95 Å². The first-order valence-corrected chi connectivity index (χ1v) is 12.8. The van der Waals surface area contributed by atoms with Crippen molar-refractivity contribution in [2.24, 2.45) is 0 Å². The van der Waals surface area contributed by atoms with E-state index in [2.05, 4.69) is 39.3 Å². The number of nitrogens with one attached hydrogen (secondary N) is 1. The van der Waals surface area contributed by atoms with E-state index in [4.69, 9.17) is 10.1 Å². The van der Waals surface area contributed by atoms with E-state index in [-0.39, 0.29) is 5.56 Å². The Bertz CT molecular complexity index is 1590. The molecule has 1 saturated heterocycles. The molecule has 8 heteroatoms. The van der Waals surface area contributed by atoms with Gasteiger partial charge in [0.1, 0.15) is 5.52 Å². The summed E-state index contributed by atoms with van der Waals surface area (Å²) in [5.74, 6) is 0.429. The van der Waals surface area contributed by atoms with Crippen LogP contribution in [-0.2, 0) is 6.42 Å². The molecule has 0 radical (unpaired) electrons. The summed E-state index contributed by atoms with van der Waals surface area (Å²) in [5, 5.41) is 8.50. The molecule has 190 valence electrons. The molecular weight excluding hydrogens is 474 g/mol. The molecule has 0 atom stereocenters. The molecule has 5 aromatic rings. The Hall–Kier alpha value is -4.56. The Balaban J connectivity index is 1.34. The summed E-state index contributed by atoms with van der Waals surface area (Å²) in [6, 6.07) is 27.8. The number of benzene rings is 3. The van der Waals surface area contributed by atoms with Gasteiger partial charge in [0.25, 0.3) is 5.56 Å². The minimum absolute atomic E-state index is 0.244. The minimum Gasteiger partial charge on any atom is -0.369 e. The number of aromatic nitrogens is 4. The molecule has 3 heterocycles. The lowest BCUT2D eigenvalue weighted by Crippen LogP contribution is -2.44. The summed E-state index contributed by atoms with van der Waals surface area (Å²) in [4.78, 5) is 27.4. The predicted molar refractivity (Wildman–Crippen MR) is 152 cm³/mol. The maximum atomic E-state index is 13.4. The first kappa shape index (κ1) is 23.8. The van der Waals surface area contributed by atoms with Crippen LogP contribution >= 0.6 is 0 Å². The topological polar surface area (TPSA) is 79.2 Å². The Morgan fingerprint density at radius 3 is 2.21 bits per heavy atom. The van der Waals surface area contributed by atoms with Crippen LogP contribution in [0, 0.1) is 0 Å². The van der Waals surface area contributed by atoms with Crippen LogP contribution in [0.4, 0.5) is 17.3 Å². The molecule has 1 aliphatic rings. The summed E-state index contributed by atoms with van der Waals surface area (Å²) in [6.45, 7) is 4.18. The van der Waals surface area contributed by atoms with Crippen molar-refractivity contribution in [2.45, 2.75) is 6.42 Å². The third-order valence-corrected chi connectivity index (χ3v) is 6.91. The van der Waals surface area contributed by atoms with E-state index in [0.29, 0.717) is 34.7 Å². The van der Waals surface area contributed by atoms with Gasteiger partial charge in [-0.15, -0.1) is 0 Å². The second-order valence-corrected chi connectivity index (χ2v) is 9.58. The molecule has 0 unspecified atom stereocenters. The number of para-hydroxylation sites is 1. The van der Waals surface area contributed by atoms with E-state index in [9.17, 15) is 4.79 Å². The van der Waals surface area contributed by atoms with E-state index in [1.165, 1.54) is 10.4 Å². The Labute approximate surface area is 221 Å². The summed E-state index contributed by atoms with van der Waals surface area (Å²) < 4.78 is 1.44. The fraction of sp³-hybridized carbons (Fsp3) is 0.200. The van der Waals surface area contributed by atoms with Gasteiger partial charge in [-0.25, -0.2) is 9.97 Å². The first-order chi connectivity index (χ1) is 18.6. The zero-order valence-electron chi connectivity index (χ0n) is 21.3. The summed E-state index contributed by atoms with van der Waals surface area (Å²) in [5.41, 5.74) is 4.91. The van der Waals surface area contributed by atoms with Gasteiger partial charge < -0.3 is 15.1 Å². The second kappa shape index (κ2) is 10.4. The van der Waals surface area contributed by atoms with Gasteiger partial charge >= 0.3 is 0 Å². The average molecular weight is 504 g/mol. The SMILES string of the molecule is CN1CCN(c2ccc(Nc3ncc4c(=O)n(-c5ccccc5)nc(Cc5ccccc5)c4n3)cc2)CC1. The largest absolute Gasteiger partial charge is 0.369 e. The lowest BCUT2D eigenvalue weighted by molar-refractivity contribution is 0.313. The van der Waals surface area contributed by atoms with Crippen LogP contribution in [0.3, 0.4) is 0 Å². The third-order valence-electron chi connectivity index (χ3n) is 6.91. The third kappa shape index (κ3) is 4.99. The zero-order valence-corrected chi connectivity index (χ0v) is 21.3. The minimum atomic E-state index is -0.244. The van der Waals surface area contributed by atoms with Gasteiger partial charge in [-0.3, -0.25) is 4.79 Å². The highest BCUT2D eigenvalue weighted by Gasteiger charge is 2.16. The highest BCUT2D eigenvalue weighted by atomic mass is 16.1. The average Bonchev–Trinajstić information content (AvgIpc) is 2.96. The molecule has 1 N–H and O–H groups in total. The number of hydrogen-bond donors (Lipinski definition) is 1. The van der Waals surface area contributed by atoms with Gasteiger partial charge in [-0.05, 0) is 49.0 Å². The van der Waals surface area contributed by atoms with Gasteiger partial charge in [-0.2, -0.15) is 9.78 Å². The molecule has 8 nitrogen and oxygen atoms in total. The van der Waals surface area contributed by atoms with Crippen molar-refractivity contribution >= 4 is 28.2 Å². The zero-order chi connectivity index (χ0) is 25.9. The number of rotatable bonds is 6. The van der Waals surface area contributed by atoms with E-state index >= 15 is 0 Å². The highest BCUT2D eigenvalue weighted by molar-refractivity contribution is 5.81. The molecule has 6 rings (SSSR count). The summed E-state index contributed by atoms with van der Waals surface area (Å²) in [7, 11) is 2.16. The number of hydrogen-bond acceptors (Lipinski definition) is 7. The van der Waals surface area contributed by atoms with Crippen molar-refractivity contribution in [3.63, 3.8) is 0 Å². The van der Waals surface area contributed by atoms with Crippen LogP contribution in [0.25, 0.3) is 16.6 Å². The second-order valence-electron chi connectivity index (χ2n) is 9.58. The van der Waals surface area contributed by atoms with Crippen molar-refractivity contribution in [3.05, 3.63) is 113 Å². The molecule has 1 aliphatic heterocycles. The molecule has 0 saturated carbocycles. The quantitative estimate of drug-likeness (QED) is 0.371. The van der Waals surface area contributed by atoms with E-state index in [1.54, 1.807) is 6.20 Å². The van der Waals surface area contributed by atoms with Crippen LogP contribution in [0.15, 0.2) is 95.9 Å². The predicted octanol–water partition coefficient (Wildman–Crippen LogP) is 4.26. The monoisotopic (exact) mass is 503 g/mol. The van der Waals surface area contributed by atoms with Crippen molar-refractivity contribution in [2.75, 3.05) is 43.4 Å². The number of piperazine rings is 1. The van der Waals surface area contributed by atoms with Gasteiger partial charge in [0, 0.05) is 50.2 Å². The first-order valence-electron chi connectivity index (χ1n) is 12.8. The van der Waals surface area contributed by atoms with Gasteiger partial charge in [-0.1, -0.05) is 48.5 Å². The fourth-order valence-corrected chi connectivity index (χ4v) is 4.75. The Morgan fingerprint density at radius 2 is 1.50 bits per heavy atom. The molecule has 0 bridgehead atoms. The van der Waals surface area contributed by atoms with Gasteiger partial charge in [0.15, 0.2) is 0 Å². The number of fused-ring (bicyclic) bond motifs is 1. The van der Waals surface area contributed by atoms with Crippen molar-refractivity contribution in [1.29, 1.82) is 0 Å². The normalized spacial score (nSPS) is 14.1. The molecular formula is C30H29N7O. The molecule has 3 aromatic carbocycles. The summed E-state index contributed by atoms with van der Waals surface area (Å²) >= 11 is 0. The van der Waals surface area contributed by atoms with E-state index in [1.807, 2.05) is 72.8 Å². The maximum absolute atomic E-state index is 13.4. The number of anilines is 3. The molecule has 0 spiro atoms. The van der Waals surface area contributed by atoms with Crippen LogP contribution in [0.1, 0.15) is 11.3 Å². The van der Waals surface area contributed by atoms with Crippen LogP contribution in [0.5, 0.6) is 0 Å². The molecule has 38 heavy (non-hydrogen) atoms. The van der Waals surface area contributed by atoms with Crippen LogP contribution in [0.2, 0.25) is 0 Å². The lowest BCUT2D eigenvalue weighted by atomic mass is 10.1. The van der Waals surface area contributed by atoms with Crippen LogP contribution in [-0.4, -0.2) is 57.9 Å². The molecule has 0 aliphatic carbocycles. The smallest absolute Gasteiger partial charge is 0.282 e. The van der Waals surface area contributed by atoms with Crippen molar-refractivity contribution < 1.29 is 0 Å². The Kier molecular flexibility index (Phi) is 6.54. The van der Waals surface area contributed by atoms with Crippen molar-refractivity contribution in [3.8, 4) is 5.69 Å². The molecule has 2 aromatic heterocycles. The number of likely N-dealkylation sites (N-methyl/N-ethyl adjacent to an activating group) is 1. The maximum Gasteiger partial charge on any atom is 0.282 e. The number of nitrogens with zero attached hydrogens (tertiary/aromatic N) is 6. The standard InChI is InChI=1S/C30H29N7O/c1-35-16-18-36(19-17-35)24-14-12-23(13-15-24)32-30-31-21-26-28(33-30)27(20-22-8-4-2-5-9-22)34-37(29(26)38)25-10-6-3-7-11-25/h2-15,21H,16-20H2,1H3,(H,31,32,33). The fourth-order valence-electron chi connectivity index (χ4n) is 4.75. The van der Waals surface area contributed by atoms with Crippen LogP contribution < -0.4 is 15.8 Å². The molecule has 0 amide bonds. The summed E-state index contributed by atoms with van der Waals surface area (Å²) in [6.07, 6.45) is 2.14. The Morgan fingerprint density at radius 1 is 0.816 bits per heavy atom. The molecule has 1 fully saturated rings. The van der Waals surface area contributed by atoms with Gasteiger partial charge in [0.05, 0.1) is 16.8 Å². The highest BCUT2D eigenvalue weighted by Crippen LogP contribution is 2.23. The lowest BCUT2D eigenvalue weighted by Gasteiger charge is -2.34. The van der Waals surface area contributed by atoms with E-state index < -0.39 is 0 Å².